The van der Waals surface area contributed by atoms with Gasteiger partial charge in [-0.25, -0.2) is 13.8 Å². The minimum Gasteiger partial charge on any atom is -0.399 e. The molecule has 2 heterocycles. The summed E-state index contributed by atoms with van der Waals surface area (Å²) in [5, 5.41) is 1.42. The van der Waals surface area contributed by atoms with E-state index in [9.17, 15) is 13.6 Å². The van der Waals surface area contributed by atoms with Crippen molar-refractivity contribution in [2.75, 3.05) is 12.3 Å². The number of carbonyl (C=O) groups is 1. The van der Waals surface area contributed by atoms with Crippen molar-refractivity contribution in [3.8, 4) is 0 Å². The van der Waals surface area contributed by atoms with E-state index in [1.807, 2.05) is 24.0 Å². The zero-order valence-electron chi connectivity index (χ0n) is 16.0. The van der Waals surface area contributed by atoms with E-state index in [4.69, 9.17) is 5.73 Å². The first-order chi connectivity index (χ1) is 13.9. The number of hydrogen-bond donors (Lipinski definition) is 2. The summed E-state index contributed by atoms with van der Waals surface area (Å²) in [7, 11) is 0. The van der Waals surface area contributed by atoms with Gasteiger partial charge in [-0.15, -0.1) is 0 Å². The molecule has 0 spiro atoms. The summed E-state index contributed by atoms with van der Waals surface area (Å²) in [6.45, 7) is 4.28. The lowest BCUT2D eigenvalue weighted by atomic mass is 10.00. The zero-order chi connectivity index (χ0) is 20.7. The summed E-state index contributed by atoms with van der Waals surface area (Å²) in [6.07, 6.45) is 3.30. The van der Waals surface area contributed by atoms with Crippen molar-refractivity contribution >= 4 is 22.9 Å². The highest BCUT2D eigenvalue weighted by atomic mass is 19.1. The number of carbonyl (C=O) groups excluding carboxylic acids is 1. The maximum Gasteiger partial charge on any atom is 0.273 e. The van der Waals surface area contributed by atoms with Gasteiger partial charge in [-0.1, -0.05) is 12.1 Å². The molecule has 5 nitrogen and oxygen atoms in total. The molecule has 0 unspecified atom stereocenters. The first-order valence-corrected chi connectivity index (χ1v) is 9.23. The molecule has 29 heavy (non-hydrogen) atoms. The van der Waals surface area contributed by atoms with Gasteiger partial charge in [0, 0.05) is 41.2 Å². The first kappa shape index (κ1) is 18.7. The molecule has 0 atom stereocenters. The lowest BCUT2D eigenvalue weighted by Crippen LogP contribution is -2.50. The van der Waals surface area contributed by atoms with E-state index >= 15 is 0 Å². The second-order valence-corrected chi connectivity index (χ2v) is 6.85. The molecule has 0 bridgehead atoms. The molecule has 0 fully saturated rings. The van der Waals surface area contributed by atoms with Crippen molar-refractivity contribution in [2.24, 2.45) is 0 Å². The Morgan fingerprint density at radius 1 is 1.07 bits per heavy atom. The fraction of sp³-hybridized carbons (Fsp3) is 0.136. The number of hydrogen-bond acceptors (Lipinski definition) is 4. The third-order valence-electron chi connectivity index (χ3n) is 4.98. The number of rotatable bonds is 3. The Morgan fingerprint density at radius 3 is 2.45 bits per heavy atom. The van der Waals surface area contributed by atoms with Crippen molar-refractivity contribution in [2.45, 2.75) is 13.8 Å². The van der Waals surface area contributed by atoms with Gasteiger partial charge in [-0.3, -0.25) is 10.2 Å². The molecule has 7 heteroatoms. The van der Waals surface area contributed by atoms with Crippen molar-refractivity contribution in [3.05, 3.63) is 88.9 Å². The molecule has 0 saturated carbocycles. The number of nitrogens with zero attached hydrogens (tertiary/aromatic N) is 2. The second kappa shape index (κ2) is 7.09. The fourth-order valence-corrected chi connectivity index (χ4v) is 3.55. The van der Waals surface area contributed by atoms with E-state index in [0.717, 1.165) is 17.3 Å². The van der Waals surface area contributed by atoms with Crippen LogP contribution in [0, 0.1) is 11.6 Å². The molecule has 1 amide bonds. The molecule has 2 aliphatic heterocycles. The molecule has 0 aromatic heterocycles. The average molecular weight is 394 g/mol. The number of nitrogens with two attached hydrogens (primary N) is 1. The number of anilines is 1. The van der Waals surface area contributed by atoms with Crippen LogP contribution < -0.4 is 11.2 Å². The van der Waals surface area contributed by atoms with Crippen molar-refractivity contribution < 1.29 is 13.6 Å². The predicted octanol–water partition coefficient (Wildman–Crippen LogP) is 3.84. The van der Waals surface area contributed by atoms with Gasteiger partial charge in [0.15, 0.2) is 0 Å². The molecule has 148 valence electrons. The summed E-state index contributed by atoms with van der Waals surface area (Å²) in [4.78, 5) is 14.7. The molecular formula is C22H20F2N4O. The molecule has 3 N–H and O–H groups in total. The van der Waals surface area contributed by atoms with Crippen LogP contribution >= 0.6 is 0 Å². The van der Waals surface area contributed by atoms with Gasteiger partial charge < -0.3 is 10.6 Å². The lowest BCUT2D eigenvalue weighted by Gasteiger charge is -2.41. The third-order valence-corrected chi connectivity index (χ3v) is 4.98. The third kappa shape index (κ3) is 3.24. The molecule has 2 aliphatic rings. The van der Waals surface area contributed by atoms with Crippen LogP contribution in [0.15, 0.2) is 66.1 Å². The molecule has 0 radical (unpaired) electrons. The monoisotopic (exact) mass is 394 g/mol. The van der Waals surface area contributed by atoms with E-state index in [0.29, 0.717) is 29.3 Å². The van der Waals surface area contributed by atoms with Crippen LogP contribution in [0.1, 0.15) is 25.0 Å². The summed E-state index contributed by atoms with van der Waals surface area (Å²) in [5.74, 6) is -0.980. The number of nitrogens with one attached hydrogen (secondary N) is 1. The number of benzene rings is 2. The second-order valence-electron chi connectivity index (χ2n) is 6.85. The quantitative estimate of drug-likeness (QED) is 0.777. The highest BCUT2D eigenvalue weighted by molar-refractivity contribution is 5.99. The largest absolute Gasteiger partial charge is 0.399 e. The Labute approximate surface area is 167 Å². The number of halogens is 2. The summed E-state index contributed by atoms with van der Waals surface area (Å²) in [5.41, 5.74) is 12.4. The molecular weight excluding hydrogens is 374 g/mol. The van der Waals surface area contributed by atoms with Crippen LogP contribution in [-0.4, -0.2) is 22.4 Å². The number of nitrogen functional groups attached to an aromatic ring is 1. The normalized spacial score (nSPS) is 16.3. The standard InChI is InChI=1S/C22H20F2N4O/c1-3-27-20(14-4-7-16(25)8-5-14)12-22(29)28-21(27)11-18(13(2)26-28)17-9-6-15(23)10-19(17)24/h4-12,26H,3,25H2,1-2H3. The van der Waals surface area contributed by atoms with Crippen LogP contribution in [0.3, 0.4) is 0 Å². The van der Waals surface area contributed by atoms with Crippen molar-refractivity contribution in [1.82, 2.24) is 15.3 Å². The summed E-state index contributed by atoms with van der Waals surface area (Å²) < 4.78 is 27.8. The van der Waals surface area contributed by atoms with Gasteiger partial charge in [-0.05, 0) is 49.8 Å². The Hall–Kier alpha value is -3.61. The Kier molecular flexibility index (Phi) is 4.58. The highest BCUT2D eigenvalue weighted by Gasteiger charge is 2.33. The Balaban J connectivity index is 1.82. The number of amides is 1. The lowest BCUT2D eigenvalue weighted by molar-refractivity contribution is -0.128. The van der Waals surface area contributed by atoms with Crippen molar-refractivity contribution in [1.29, 1.82) is 0 Å². The number of fused-ring (bicyclic) bond motifs is 1. The Bertz CT molecular complexity index is 1090. The summed E-state index contributed by atoms with van der Waals surface area (Å²) in [6, 6.07) is 10.7. The highest BCUT2D eigenvalue weighted by Crippen LogP contribution is 2.35. The maximum atomic E-state index is 14.4. The van der Waals surface area contributed by atoms with Crippen LogP contribution in [-0.2, 0) is 4.79 Å². The molecule has 2 aromatic carbocycles. The smallest absolute Gasteiger partial charge is 0.273 e. The van der Waals surface area contributed by atoms with Gasteiger partial charge in [-0.2, -0.15) is 0 Å². The van der Waals surface area contributed by atoms with Crippen molar-refractivity contribution in [3.63, 3.8) is 0 Å². The SMILES string of the molecule is CCN1C(c2ccc(N)cc2)=CC(=O)N2NC(C)=C(c3ccc(F)cc3F)C=C12. The first-order valence-electron chi connectivity index (χ1n) is 9.23. The van der Waals surface area contributed by atoms with Crippen LogP contribution in [0.4, 0.5) is 14.5 Å². The van der Waals surface area contributed by atoms with E-state index in [2.05, 4.69) is 5.43 Å². The zero-order valence-corrected chi connectivity index (χ0v) is 16.0. The minimum atomic E-state index is -0.661. The van der Waals surface area contributed by atoms with Gasteiger partial charge in [0.2, 0.25) is 0 Å². The molecule has 0 aliphatic carbocycles. The van der Waals surface area contributed by atoms with E-state index in [1.54, 1.807) is 31.2 Å². The van der Waals surface area contributed by atoms with Gasteiger partial charge in [0.25, 0.3) is 5.91 Å². The van der Waals surface area contributed by atoms with Gasteiger partial charge >= 0.3 is 0 Å². The topological polar surface area (TPSA) is 61.6 Å². The maximum absolute atomic E-state index is 14.4. The molecule has 2 aromatic rings. The predicted molar refractivity (Wildman–Crippen MR) is 108 cm³/mol. The van der Waals surface area contributed by atoms with Crippen LogP contribution in [0.25, 0.3) is 11.3 Å². The number of allylic oxidation sites excluding steroid dienone is 3. The van der Waals surface area contributed by atoms with E-state index in [-0.39, 0.29) is 11.5 Å². The molecule has 4 rings (SSSR count). The Morgan fingerprint density at radius 2 is 1.79 bits per heavy atom. The van der Waals surface area contributed by atoms with Gasteiger partial charge in [0.1, 0.15) is 17.5 Å². The van der Waals surface area contributed by atoms with E-state index < -0.39 is 11.6 Å². The van der Waals surface area contributed by atoms with Crippen LogP contribution in [0.5, 0.6) is 0 Å². The van der Waals surface area contributed by atoms with E-state index in [1.165, 1.54) is 17.1 Å². The fourth-order valence-electron chi connectivity index (χ4n) is 3.55. The minimum absolute atomic E-state index is 0.245. The van der Waals surface area contributed by atoms with Crippen LogP contribution in [0.2, 0.25) is 0 Å². The summed E-state index contributed by atoms with van der Waals surface area (Å²) >= 11 is 0. The molecule has 0 saturated heterocycles. The number of hydrazine groups is 1. The average Bonchev–Trinajstić information content (AvgIpc) is 2.69. The van der Waals surface area contributed by atoms with Gasteiger partial charge in [0.05, 0.1) is 5.70 Å².